The average molecular weight is 318 g/mol. The van der Waals surface area contributed by atoms with Gasteiger partial charge < -0.3 is 10.1 Å². The van der Waals surface area contributed by atoms with Crippen molar-refractivity contribution in [3.63, 3.8) is 0 Å². The van der Waals surface area contributed by atoms with Crippen molar-refractivity contribution >= 4 is 17.5 Å². The SMILES string of the molecule is CCC(C)C(C)Nc1ccc2c(c1)CCN2C(=O)OC(C)(C)C. The molecular weight excluding hydrogens is 288 g/mol. The Bertz CT molecular complexity index is 563. The summed E-state index contributed by atoms with van der Waals surface area (Å²) in [6, 6.07) is 6.68. The van der Waals surface area contributed by atoms with Gasteiger partial charge in [0.2, 0.25) is 0 Å². The molecule has 0 radical (unpaired) electrons. The van der Waals surface area contributed by atoms with E-state index in [1.54, 1.807) is 4.90 Å². The molecule has 0 saturated heterocycles. The molecule has 2 rings (SSSR count). The summed E-state index contributed by atoms with van der Waals surface area (Å²) in [5.74, 6) is 0.626. The first kappa shape index (κ1) is 17.6. The van der Waals surface area contributed by atoms with Crippen LogP contribution < -0.4 is 10.2 Å². The van der Waals surface area contributed by atoms with E-state index in [4.69, 9.17) is 4.74 Å². The number of anilines is 2. The lowest BCUT2D eigenvalue weighted by molar-refractivity contribution is 0.0584. The molecular formula is C19H30N2O2. The van der Waals surface area contributed by atoms with Crippen molar-refractivity contribution in [2.45, 2.75) is 66.0 Å². The lowest BCUT2D eigenvalue weighted by atomic mass is 10.0. The Morgan fingerprint density at radius 1 is 1.35 bits per heavy atom. The van der Waals surface area contributed by atoms with E-state index in [2.05, 4.69) is 38.2 Å². The highest BCUT2D eigenvalue weighted by atomic mass is 16.6. The molecule has 1 N–H and O–H groups in total. The summed E-state index contributed by atoms with van der Waals surface area (Å²) < 4.78 is 5.49. The van der Waals surface area contributed by atoms with Crippen LogP contribution in [-0.2, 0) is 11.2 Å². The maximum absolute atomic E-state index is 12.3. The van der Waals surface area contributed by atoms with Crippen LogP contribution in [0.25, 0.3) is 0 Å². The topological polar surface area (TPSA) is 41.6 Å². The van der Waals surface area contributed by atoms with E-state index in [1.807, 2.05) is 26.8 Å². The van der Waals surface area contributed by atoms with Crippen LogP contribution in [0.3, 0.4) is 0 Å². The largest absolute Gasteiger partial charge is 0.443 e. The standard InChI is InChI=1S/C19H30N2O2/c1-7-13(2)14(3)20-16-8-9-17-15(12-16)10-11-21(17)18(22)23-19(4,5)6/h8-9,12-14,20H,7,10-11H2,1-6H3. The number of benzene rings is 1. The van der Waals surface area contributed by atoms with Gasteiger partial charge in [-0.3, -0.25) is 4.90 Å². The second-order valence-electron chi connectivity index (χ2n) is 7.54. The number of amides is 1. The minimum Gasteiger partial charge on any atom is -0.443 e. The molecule has 4 heteroatoms. The third kappa shape index (κ3) is 4.40. The molecule has 1 aromatic rings. The summed E-state index contributed by atoms with van der Waals surface area (Å²) in [5, 5.41) is 3.57. The number of nitrogens with zero attached hydrogens (tertiary/aromatic N) is 1. The normalized spacial score (nSPS) is 16.7. The van der Waals surface area contributed by atoms with E-state index in [9.17, 15) is 4.79 Å². The van der Waals surface area contributed by atoms with Crippen molar-refractivity contribution in [3.05, 3.63) is 23.8 Å². The summed E-state index contributed by atoms with van der Waals surface area (Å²) >= 11 is 0. The van der Waals surface area contributed by atoms with Crippen LogP contribution in [0.4, 0.5) is 16.2 Å². The van der Waals surface area contributed by atoms with E-state index in [0.29, 0.717) is 18.5 Å². The molecule has 2 atom stereocenters. The van der Waals surface area contributed by atoms with Crippen molar-refractivity contribution in [3.8, 4) is 0 Å². The number of hydrogen-bond acceptors (Lipinski definition) is 3. The number of ether oxygens (including phenoxy) is 1. The van der Waals surface area contributed by atoms with Gasteiger partial charge in [-0.1, -0.05) is 20.3 Å². The quantitative estimate of drug-likeness (QED) is 0.864. The molecule has 2 unspecified atom stereocenters. The fourth-order valence-corrected chi connectivity index (χ4v) is 2.76. The molecule has 1 amide bonds. The highest BCUT2D eigenvalue weighted by molar-refractivity contribution is 5.91. The zero-order valence-electron chi connectivity index (χ0n) is 15.3. The molecule has 0 bridgehead atoms. The van der Waals surface area contributed by atoms with Crippen LogP contribution in [0.1, 0.15) is 53.5 Å². The Morgan fingerprint density at radius 2 is 2.04 bits per heavy atom. The van der Waals surface area contributed by atoms with E-state index in [1.165, 1.54) is 5.56 Å². The molecule has 0 aliphatic carbocycles. The fourth-order valence-electron chi connectivity index (χ4n) is 2.76. The van der Waals surface area contributed by atoms with E-state index >= 15 is 0 Å². The Kier molecular flexibility index (Phi) is 5.23. The highest BCUT2D eigenvalue weighted by Gasteiger charge is 2.29. The molecule has 4 nitrogen and oxygen atoms in total. The van der Waals surface area contributed by atoms with Crippen molar-refractivity contribution < 1.29 is 9.53 Å². The summed E-state index contributed by atoms with van der Waals surface area (Å²) in [5.41, 5.74) is 2.84. The maximum Gasteiger partial charge on any atom is 0.414 e. The van der Waals surface area contributed by atoms with Gasteiger partial charge in [0.05, 0.1) is 5.69 Å². The van der Waals surface area contributed by atoms with Crippen LogP contribution in [0.2, 0.25) is 0 Å². The van der Waals surface area contributed by atoms with Crippen molar-refractivity contribution in [1.82, 2.24) is 0 Å². The van der Waals surface area contributed by atoms with Gasteiger partial charge in [0.15, 0.2) is 0 Å². The summed E-state index contributed by atoms with van der Waals surface area (Å²) in [7, 11) is 0. The third-order valence-corrected chi connectivity index (χ3v) is 4.48. The lowest BCUT2D eigenvalue weighted by Gasteiger charge is -2.25. The van der Waals surface area contributed by atoms with Gasteiger partial charge in [-0.25, -0.2) is 4.79 Å². The van der Waals surface area contributed by atoms with Gasteiger partial charge in [0.1, 0.15) is 5.60 Å². The van der Waals surface area contributed by atoms with Crippen molar-refractivity contribution in [1.29, 1.82) is 0 Å². The second kappa shape index (κ2) is 6.81. The predicted octanol–water partition coefficient (Wildman–Crippen LogP) is 4.83. The number of fused-ring (bicyclic) bond motifs is 1. The number of carbonyl (C=O) groups is 1. The van der Waals surface area contributed by atoms with Crippen LogP contribution in [0.5, 0.6) is 0 Å². The summed E-state index contributed by atoms with van der Waals surface area (Å²) in [4.78, 5) is 14.0. The van der Waals surface area contributed by atoms with Crippen LogP contribution in [0.15, 0.2) is 18.2 Å². The minimum atomic E-state index is -0.465. The first-order valence-electron chi connectivity index (χ1n) is 8.61. The molecule has 1 aliphatic rings. The van der Waals surface area contributed by atoms with E-state index < -0.39 is 5.60 Å². The number of carbonyl (C=O) groups excluding carboxylic acids is 1. The molecule has 23 heavy (non-hydrogen) atoms. The van der Waals surface area contributed by atoms with Gasteiger partial charge in [-0.15, -0.1) is 0 Å². The molecule has 1 aliphatic heterocycles. The molecule has 128 valence electrons. The molecule has 0 spiro atoms. The Balaban J connectivity index is 2.10. The van der Waals surface area contributed by atoms with Gasteiger partial charge in [0, 0.05) is 18.3 Å². The zero-order valence-corrected chi connectivity index (χ0v) is 15.3. The Labute approximate surface area is 140 Å². The smallest absolute Gasteiger partial charge is 0.414 e. The van der Waals surface area contributed by atoms with Crippen LogP contribution in [0, 0.1) is 5.92 Å². The van der Waals surface area contributed by atoms with Crippen molar-refractivity contribution in [2.75, 3.05) is 16.8 Å². The van der Waals surface area contributed by atoms with E-state index in [-0.39, 0.29) is 6.09 Å². The van der Waals surface area contributed by atoms with Crippen LogP contribution in [-0.4, -0.2) is 24.3 Å². The molecule has 1 heterocycles. The second-order valence-corrected chi connectivity index (χ2v) is 7.54. The van der Waals surface area contributed by atoms with Gasteiger partial charge in [-0.05, 0) is 63.8 Å². The van der Waals surface area contributed by atoms with Crippen LogP contribution >= 0.6 is 0 Å². The minimum absolute atomic E-state index is 0.259. The average Bonchev–Trinajstić information content (AvgIpc) is 2.87. The molecule has 1 aromatic carbocycles. The zero-order chi connectivity index (χ0) is 17.2. The van der Waals surface area contributed by atoms with Crippen molar-refractivity contribution in [2.24, 2.45) is 5.92 Å². The Morgan fingerprint density at radius 3 is 2.65 bits per heavy atom. The summed E-state index contributed by atoms with van der Waals surface area (Å²) in [6.45, 7) is 13.1. The maximum atomic E-state index is 12.3. The highest BCUT2D eigenvalue weighted by Crippen LogP contribution is 2.32. The third-order valence-electron chi connectivity index (χ3n) is 4.48. The number of nitrogens with one attached hydrogen (secondary N) is 1. The van der Waals surface area contributed by atoms with Gasteiger partial charge in [-0.2, -0.15) is 0 Å². The Hall–Kier alpha value is -1.71. The monoisotopic (exact) mass is 318 g/mol. The molecule has 0 aromatic heterocycles. The molecule has 0 saturated carbocycles. The number of hydrogen-bond donors (Lipinski definition) is 1. The fraction of sp³-hybridized carbons (Fsp3) is 0.632. The van der Waals surface area contributed by atoms with Gasteiger partial charge >= 0.3 is 6.09 Å². The predicted molar refractivity (Wildman–Crippen MR) is 96.3 cm³/mol. The van der Waals surface area contributed by atoms with Gasteiger partial charge in [0.25, 0.3) is 0 Å². The summed E-state index contributed by atoms with van der Waals surface area (Å²) in [6.07, 6.45) is 1.78. The lowest BCUT2D eigenvalue weighted by Crippen LogP contribution is -2.35. The first-order chi connectivity index (χ1) is 10.7. The van der Waals surface area contributed by atoms with E-state index in [0.717, 1.165) is 24.2 Å². The first-order valence-corrected chi connectivity index (χ1v) is 8.61. The molecule has 0 fully saturated rings. The number of rotatable bonds is 4.